The third-order valence-corrected chi connectivity index (χ3v) is 5.91. The molecule has 2 aliphatic heterocycles. The molecule has 2 fully saturated rings. The van der Waals surface area contributed by atoms with Crippen LogP contribution in [0.3, 0.4) is 0 Å². The molecule has 0 aliphatic carbocycles. The maximum atomic E-state index is 13.2. The molecule has 1 aromatic rings. The minimum atomic E-state index is -0.407. The monoisotopic (exact) mass is 417 g/mol. The van der Waals surface area contributed by atoms with Crippen LogP contribution < -0.4 is 5.73 Å². The Morgan fingerprint density at radius 1 is 1.15 bits per heavy atom. The van der Waals surface area contributed by atoms with Gasteiger partial charge in [0.1, 0.15) is 0 Å². The van der Waals surface area contributed by atoms with Crippen LogP contribution in [-0.4, -0.2) is 61.1 Å². The van der Waals surface area contributed by atoms with E-state index in [-0.39, 0.29) is 30.7 Å². The highest BCUT2D eigenvalue weighted by molar-refractivity contribution is 5.85. The number of ether oxygens (including phenoxy) is 1. The summed E-state index contributed by atoms with van der Waals surface area (Å²) in [4.78, 5) is 17.7. The molecular formula is C20H33Cl2N3O2. The van der Waals surface area contributed by atoms with Gasteiger partial charge < -0.3 is 15.4 Å². The zero-order valence-corrected chi connectivity index (χ0v) is 17.8. The molecule has 154 valence electrons. The van der Waals surface area contributed by atoms with Gasteiger partial charge in [-0.3, -0.25) is 9.69 Å². The van der Waals surface area contributed by atoms with E-state index in [0.29, 0.717) is 25.8 Å². The van der Waals surface area contributed by atoms with Crippen LogP contribution in [0.1, 0.15) is 31.7 Å². The quantitative estimate of drug-likeness (QED) is 0.817. The first kappa shape index (κ1) is 24.2. The Labute approximate surface area is 175 Å². The molecule has 2 saturated heterocycles. The largest absolute Gasteiger partial charge is 0.381 e. The minimum absolute atomic E-state index is 0. The lowest BCUT2D eigenvalue weighted by atomic mass is 9.79. The average Bonchev–Trinajstić information content (AvgIpc) is 2.85. The Hall–Kier alpha value is -0.850. The second kappa shape index (κ2) is 11.2. The molecule has 2 N–H and O–H groups in total. The third-order valence-electron chi connectivity index (χ3n) is 5.91. The van der Waals surface area contributed by atoms with E-state index in [9.17, 15) is 4.79 Å². The molecule has 1 atom stereocenters. The van der Waals surface area contributed by atoms with Crippen molar-refractivity contribution in [2.45, 2.75) is 38.8 Å². The van der Waals surface area contributed by atoms with Crippen molar-refractivity contribution in [1.82, 2.24) is 9.80 Å². The summed E-state index contributed by atoms with van der Waals surface area (Å²) in [5, 5.41) is 0. The maximum absolute atomic E-state index is 13.2. The van der Waals surface area contributed by atoms with Gasteiger partial charge in [-0.05, 0) is 31.7 Å². The van der Waals surface area contributed by atoms with E-state index < -0.39 is 5.41 Å². The lowest BCUT2D eigenvalue weighted by Gasteiger charge is -2.38. The van der Waals surface area contributed by atoms with E-state index in [1.807, 2.05) is 0 Å². The van der Waals surface area contributed by atoms with Crippen LogP contribution in [0.5, 0.6) is 0 Å². The number of halogens is 2. The van der Waals surface area contributed by atoms with Gasteiger partial charge in [0, 0.05) is 52.0 Å². The highest BCUT2D eigenvalue weighted by Gasteiger charge is 2.42. The van der Waals surface area contributed by atoms with Crippen molar-refractivity contribution < 1.29 is 9.53 Å². The van der Waals surface area contributed by atoms with Gasteiger partial charge in [-0.25, -0.2) is 0 Å². The number of carbonyl (C=O) groups is 1. The Bertz CT molecular complexity index is 568. The SMILES string of the molecule is CC1CCN(C(=O)C2(CN)CCOCC2)CCN1Cc1ccccc1.Cl.Cl. The molecule has 5 nitrogen and oxygen atoms in total. The van der Waals surface area contributed by atoms with Crippen molar-refractivity contribution in [1.29, 1.82) is 0 Å². The van der Waals surface area contributed by atoms with Gasteiger partial charge in [0.05, 0.1) is 5.41 Å². The lowest BCUT2D eigenvalue weighted by Crippen LogP contribution is -2.51. The van der Waals surface area contributed by atoms with Crippen LogP contribution >= 0.6 is 24.8 Å². The number of hydrogen-bond acceptors (Lipinski definition) is 4. The Kier molecular flexibility index (Phi) is 10.1. The van der Waals surface area contributed by atoms with Gasteiger partial charge in [0.15, 0.2) is 0 Å². The van der Waals surface area contributed by atoms with Crippen LogP contribution in [0.15, 0.2) is 30.3 Å². The average molecular weight is 418 g/mol. The minimum Gasteiger partial charge on any atom is -0.381 e. The second-order valence-electron chi connectivity index (χ2n) is 7.48. The zero-order chi connectivity index (χ0) is 17.7. The predicted molar refractivity (Wildman–Crippen MR) is 114 cm³/mol. The lowest BCUT2D eigenvalue weighted by molar-refractivity contribution is -0.147. The molecule has 7 heteroatoms. The number of amides is 1. The fourth-order valence-corrected chi connectivity index (χ4v) is 3.97. The summed E-state index contributed by atoms with van der Waals surface area (Å²) in [5.41, 5.74) is 6.95. The Morgan fingerprint density at radius 2 is 1.81 bits per heavy atom. The van der Waals surface area contributed by atoms with Crippen molar-refractivity contribution in [3.63, 3.8) is 0 Å². The van der Waals surface area contributed by atoms with Crippen molar-refractivity contribution in [3.05, 3.63) is 35.9 Å². The van der Waals surface area contributed by atoms with E-state index in [1.54, 1.807) is 0 Å². The number of carbonyl (C=O) groups excluding carboxylic acids is 1. The molecule has 0 radical (unpaired) electrons. The molecule has 0 saturated carbocycles. The first-order chi connectivity index (χ1) is 12.1. The Morgan fingerprint density at radius 3 is 2.44 bits per heavy atom. The van der Waals surface area contributed by atoms with E-state index in [4.69, 9.17) is 10.5 Å². The standard InChI is InChI=1S/C20H31N3O2.2ClH/c1-17-7-10-22(19(24)20(16-21)8-13-25-14-9-20)11-12-23(17)15-18-5-3-2-4-6-18;;/h2-6,17H,7-16,21H2,1H3;2*1H. The van der Waals surface area contributed by atoms with Crippen LogP contribution in [0, 0.1) is 5.41 Å². The number of nitrogens with two attached hydrogens (primary N) is 1. The van der Waals surface area contributed by atoms with Gasteiger partial charge in [-0.1, -0.05) is 30.3 Å². The molecule has 3 rings (SSSR count). The molecule has 2 heterocycles. The summed E-state index contributed by atoms with van der Waals surface area (Å²) in [6.45, 7) is 7.46. The summed E-state index contributed by atoms with van der Waals surface area (Å²) >= 11 is 0. The highest BCUT2D eigenvalue weighted by Crippen LogP contribution is 2.32. The van der Waals surface area contributed by atoms with Gasteiger partial charge in [-0.2, -0.15) is 0 Å². The summed E-state index contributed by atoms with van der Waals surface area (Å²) in [5.74, 6) is 0.243. The van der Waals surface area contributed by atoms with Crippen molar-refractivity contribution in [3.8, 4) is 0 Å². The molecule has 0 bridgehead atoms. The number of hydrogen-bond donors (Lipinski definition) is 1. The van der Waals surface area contributed by atoms with Crippen LogP contribution in [0.25, 0.3) is 0 Å². The normalized spacial score (nSPS) is 22.9. The highest BCUT2D eigenvalue weighted by atomic mass is 35.5. The third kappa shape index (κ3) is 5.81. The van der Waals surface area contributed by atoms with Gasteiger partial charge in [-0.15, -0.1) is 24.8 Å². The number of benzene rings is 1. The summed E-state index contributed by atoms with van der Waals surface area (Å²) < 4.78 is 5.45. The van der Waals surface area contributed by atoms with Crippen molar-refractivity contribution in [2.24, 2.45) is 11.1 Å². The first-order valence-corrected chi connectivity index (χ1v) is 9.50. The van der Waals surface area contributed by atoms with Gasteiger partial charge in [0.2, 0.25) is 5.91 Å². The van der Waals surface area contributed by atoms with E-state index in [0.717, 1.165) is 45.4 Å². The molecule has 27 heavy (non-hydrogen) atoms. The molecule has 0 spiro atoms. The van der Waals surface area contributed by atoms with Crippen molar-refractivity contribution in [2.75, 3.05) is 39.4 Å². The smallest absolute Gasteiger partial charge is 0.230 e. The zero-order valence-electron chi connectivity index (χ0n) is 16.1. The topological polar surface area (TPSA) is 58.8 Å². The molecule has 2 aliphatic rings. The first-order valence-electron chi connectivity index (χ1n) is 9.50. The molecular weight excluding hydrogens is 385 g/mol. The molecule has 1 amide bonds. The van der Waals surface area contributed by atoms with Gasteiger partial charge in [0.25, 0.3) is 0 Å². The van der Waals surface area contributed by atoms with Crippen molar-refractivity contribution >= 4 is 30.7 Å². The predicted octanol–water partition coefficient (Wildman–Crippen LogP) is 2.71. The number of rotatable bonds is 4. The summed E-state index contributed by atoms with van der Waals surface area (Å²) in [6, 6.07) is 11.0. The van der Waals surface area contributed by atoms with Crippen LogP contribution in [-0.2, 0) is 16.1 Å². The van der Waals surface area contributed by atoms with E-state index in [2.05, 4.69) is 47.1 Å². The van der Waals surface area contributed by atoms with Crippen LogP contribution in [0.4, 0.5) is 0 Å². The van der Waals surface area contributed by atoms with E-state index in [1.165, 1.54) is 5.56 Å². The molecule has 0 aromatic heterocycles. The summed E-state index contributed by atoms with van der Waals surface area (Å²) in [7, 11) is 0. The number of nitrogens with zero attached hydrogens (tertiary/aromatic N) is 2. The maximum Gasteiger partial charge on any atom is 0.230 e. The van der Waals surface area contributed by atoms with E-state index >= 15 is 0 Å². The van der Waals surface area contributed by atoms with Crippen LogP contribution in [0.2, 0.25) is 0 Å². The molecule has 1 unspecified atom stereocenters. The second-order valence-corrected chi connectivity index (χ2v) is 7.48. The fraction of sp³-hybridized carbons (Fsp3) is 0.650. The summed E-state index contributed by atoms with van der Waals surface area (Å²) in [6.07, 6.45) is 2.51. The fourth-order valence-electron chi connectivity index (χ4n) is 3.97. The molecule has 1 aromatic carbocycles. The van der Waals surface area contributed by atoms with Gasteiger partial charge >= 0.3 is 0 Å². The Balaban J connectivity index is 0.00000182.